The molecule has 2 aromatic carbocycles. The summed E-state index contributed by atoms with van der Waals surface area (Å²) in [7, 11) is 0. The third-order valence-electron chi connectivity index (χ3n) is 6.47. The van der Waals surface area contributed by atoms with Crippen LogP contribution in [0.15, 0.2) is 67.5 Å². The fourth-order valence-corrected chi connectivity index (χ4v) is 4.70. The first-order valence-electron chi connectivity index (χ1n) is 12.2. The molecule has 1 saturated heterocycles. The Morgan fingerprint density at radius 1 is 1.00 bits per heavy atom. The Bertz CT molecular complexity index is 1490. The SMILES string of the molecule is CC(C)(C)n1c(-c2cc(CN3CCC3)ccc2-n2cncn2)nc2cc(Nc3ncccn3)ccc21. The molecule has 0 unspecified atom stereocenters. The number of hydrogen-bond acceptors (Lipinski definition) is 7. The maximum absolute atomic E-state index is 5.18. The van der Waals surface area contributed by atoms with Gasteiger partial charge in [0.25, 0.3) is 0 Å². The van der Waals surface area contributed by atoms with E-state index in [0.29, 0.717) is 5.95 Å². The average molecular weight is 480 g/mol. The number of imidazole rings is 1. The van der Waals surface area contributed by atoms with Gasteiger partial charge in [-0.2, -0.15) is 5.10 Å². The van der Waals surface area contributed by atoms with Crippen molar-refractivity contribution in [2.45, 2.75) is 39.3 Å². The van der Waals surface area contributed by atoms with Gasteiger partial charge in [-0.3, -0.25) is 4.90 Å². The molecule has 0 bridgehead atoms. The van der Waals surface area contributed by atoms with Crippen LogP contribution in [0.4, 0.5) is 11.6 Å². The number of anilines is 2. The van der Waals surface area contributed by atoms with Crippen molar-refractivity contribution >= 4 is 22.7 Å². The van der Waals surface area contributed by atoms with Gasteiger partial charge < -0.3 is 9.88 Å². The predicted octanol–water partition coefficient (Wildman–Crippen LogP) is 4.78. The highest BCUT2D eigenvalue weighted by Gasteiger charge is 2.25. The van der Waals surface area contributed by atoms with E-state index in [1.165, 1.54) is 12.0 Å². The summed E-state index contributed by atoms with van der Waals surface area (Å²) < 4.78 is 4.13. The van der Waals surface area contributed by atoms with E-state index in [1.807, 2.05) is 10.7 Å². The first kappa shape index (κ1) is 22.4. The van der Waals surface area contributed by atoms with Gasteiger partial charge in [0.15, 0.2) is 0 Å². The minimum atomic E-state index is -0.200. The summed E-state index contributed by atoms with van der Waals surface area (Å²) in [5.74, 6) is 1.46. The number of rotatable bonds is 6. The summed E-state index contributed by atoms with van der Waals surface area (Å²) in [5, 5.41) is 7.71. The van der Waals surface area contributed by atoms with Gasteiger partial charge in [0.2, 0.25) is 5.95 Å². The quantitative estimate of drug-likeness (QED) is 0.375. The number of fused-ring (bicyclic) bond motifs is 1. The van der Waals surface area contributed by atoms with Crippen LogP contribution in [0, 0.1) is 0 Å². The molecular weight excluding hydrogens is 450 g/mol. The number of benzene rings is 2. The zero-order valence-electron chi connectivity index (χ0n) is 20.8. The van der Waals surface area contributed by atoms with Crippen molar-refractivity contribution in [2.75, 3.05) is 18.4 Å². The number of hydrogen-bond donors (Lipinski definition) is 1. The second-order valence-electron chi connectivity index (χ2n) is 10.2. The number of nitrogens with one attached hydrogen (secondary N) is 1. The topological polar surface area (TPSA) is 89.6 Å². The molecule has 0 radical (unpaired) electrons. The van der Waals surface area contributed by atoms with Crippen molar-refractivity contribution in [1.82, 2.24) is 39.2 Å². The lowest BCUT2D eigenvalue weighted by Gasteiger charge is -2.31. The van der Waals surface area contributed by atoms with Crippen LogP contribution < -0.4 is 5.32 Å². The Kier molecular flexibility index (Phi) is 5.49. The lowest BCUT2D eigenvalue weighted by atomic mass is 10.0. The molecule has 36 heavy (non-hydrogen) atoms. The first-order chi connectivity index (χ1) is 17.5. The van der Waals surface area contributed by atoms with Crippen molar-refractivity contribution in [3.63, 3.8) is 0 Å². The van der Waals surface area contributed by atoms with Crippen LogP contribution in [-0.4, -0.2) is 52.3 Å². The van der Waals surface area contributed by atoms with E-state index in [1.54, 1.807) is 31.1 Å². The Morgan fingerprint density at radius 3 is 2.53 bits per heavy atom. The van der Waals surface area contributed by atoms with Crippen LogP contribution in [0.3, 0.4) is 0 Å². The van der Waals surface area contributed by atoms with E-state index in [0.717, 1.165) is 53.4 Å². The highest BCUT2D eigenvalue weighted by molar-refractivity contribution is 5.86. The molecule has 6 rings (SSSR count). The zero-order chi connectivity index (χ0) is 24.7. The van der Waals surface area contributed by atoms with E-state index in [-0.39, 0.29) is 5.54 Å². The standard InChI is InChI=1S/C27H29N9/c1-27(2,3)36-24-9-7-20(32-26-29-10-4-11-30-26)15-22(24)33-25(36)21-14-19(16-34-12-5-13-34)6-8-23(21)35-18-28-17-31-35/h4,6-11,14-15,17-18H,5,12-13,16H2,1-3H3,(H,29,30,32). The fourth-order valence-electron chi connectivity index (χ4n) is 4.70. The molecule has 0 amide bonds. The molecule has 1 fully saturated rings. The van der Waals surface area contributed by atoms with Crippen molar-refractivity contribution in [3.8, 4) is 17.1 Å². The van der Waals surface area contributed by atoms with Gasteiger partial charge >= 0.3 is 0 Å². The third-order valence-corrected chi connectivity index (χ3v) is 6.47. The summed E-state index contributed by atoms with van der Waals surface area (Å²) in [6.07, 6.45) is 8.01. The second kappa shape index (κ2) is 8.83. The minimum Gasteiger partial charge on any atom is -0.324 e. The van der Waals surface area contributed by atoms with E-state index in [2.05, 4.69) is 85.9 Å². The summed E-state index contributed by atoms with van der Waals surface area (Å²) >= 11 is 0. The molecule has 0 spiro atoms. The number of aromatic nitrogens is 7. The summed E-state index contributed by atoms with van der Waals surface area (Å²) in [6.45, 7) is 9.87. The lowest BCUT2D eigenvalue weighted by molar-refractivity contribution is 0.172. The van der Waals surface area contributed by atoms with Crippen LogP contribution in [-0.2, 0) is 12.1 Å². The number of nitrogens with zero attached hydrogens (tertiary/aromatic N) is 8. The molecular formula is C27H29N9. The fraction of sp³-hybridized carbons (Fsp3) is 0.296. The molecule has 0 aliphatic carbocycles. The molecule has 0 saturated carbocycles. The monoisotopic (exact) mass is 479 g/mol. The van der Waals surface area contributed by atoms with Crippen molar-refractivity contribution in [1.29, 1.82) is 0 Å². The molecule has 1 N–H and O–H groups in total. The summed E-state index contributed by atoms with van der Waals surface area (Å²) in [6, 6.07) is 14.6. The summed E-state index contributed by atoms with van der Waals surface area (Å²) in [4.78, 5) is 20.4. The van der Waals surface area contributed by atoms with E-state index in [4.69, 9.17) is 4.98 Å². The Hall–Kier alpha value is -4.11. The van der Waals surface area contributed by atoms with E-state index >= 15 is 0 Å². The summed E-state index contributed by atoms with van der Waals surface area (Å²) in [5.41, 5.74) is 5.91. The maximum Gasteiger partial charge on any atom is 0.227 e. The third kappa shape index (κ3) is 4.22. The van der Waals surface area contributed by atoms with Gasteiger partial charge in [-0.15, -0.1) is 0 Å². The Morgan fingerprint density at radius 2 is 1.83 bits per heavy atom. The highest BCUT2D eigenvalue weighted by atomic mass is 15.3. The minimum absolute atomic E-state index is 0.200. The van der Waals surface area contributed by atoms with Gasteiger partial charge in [-0.25, -0.2) is 24.6 Å². The molecule has 9 nitrogen and oxygen atoms in total. The largest absolute Gasteiger partial charge is 0.324 e. The van der Waals surface area contributed by atoms with Crippen LogP contribution in [0.25, 0.3) is 28.1 Å². The van der Waals surface area contributed by atoms with E-state index < -0.39 is 0 Å². The first-order valence-corrected chi connectivity index (χ1v) is 12.2. The van der Waals surface area contributed by atoms with E-state index in [9.17, 15) is 0 Å². The van der Waals surface area contributed by atoms with Crippen LogP contribution in [0.1, 0.15) is 32.8 Å². The van der Waals surface area contributed by atoms with Gasteiger partial charge in [-0.05, 0) is 82.2 Å². The van der Waals surface area contributed by atoms with Gasteiger partial charge in [0.1, 0.15) is 18.5 Å². The maximum atomic E-state index is 5.18. The Balaban J connectivity index is 1.51. The lowest BCUT2D eigenvalue weighted by Crippen LogP contribution is -2.36. The molecule has 5 aromatic rings. The highest BCUT2D eigenvalue weighted by Crippen LogP contribution is 2.36. The normalized spacial score (nSPS) is 14.2. The Labute approximate surface area is 209 Å². The van der Waals surface area contributed by atoms with Gasteiger partial charge in [0, 0.05) is 35.7 Å². The van der Waals surface area contributed by atoms with Crippen molar-refractivity contribution in [2.24, 2.45) is 0 Å². The van der Waals surface area contributed by atoms with Gasteiger partial charge in [0.05, 0.1) is 16.7 Å². The van der Waals surface area contributed by atoms with Crippen molar-refractivity contribution in [3.05, 3.63) is 73.1 Å². The van der Waals surface area contributed by atoms with Crippen molar-refractivity contribution < 1.29 is 0 Å². The number of likely N-dealkylation sites (tertiary alicyclic amines) is 1. The molecule has 4 heterocycles. The smallest absolute Gasteiger partial charge is 0.227 e. The van der Waals surface area contributed by atoms with Crippen LogP contribution >= 0.6 is 0 Å². The van der Waals surface area contributed by atoms with Crippen LogP contribution in [0.5, 0.6) is 0 Å². The molecule has 182 valence electrons. The molecule has 1 aliphatic rings. The molecule has 1 aliphatic heterocycles. The second-order valence-corrected chi connectivity index (χ2v) is 10.2. The molecule has 9 heteroatoms. The average Bonchev–Trinajstić information content (AvgIpc) is 3.50. The molecule has 3 aromatic heterocycles. The zero-order valence-corrected chi connectivity index (χ0v) is 20.8. The van der Waals surface area contributed by atoms with Crippen LogP contribution in [0.2, 0.25) is 0 Å². The van der Waals surface area contributed by atoms with Gasteiger partial charge in [-0.1, -0.05) is 6.07 Å². The predicted molar refractivity (Wildman–Crippen MR) is 140 cm³/mol. The molecule has 0 atom stereocenters.